The summed E-state index contributed by atoms with van der Waals surface area (Å²) in [5.41, 5.74) is 0. The quantitative estimate of drug-likeness (QED) is 0.478. The van der Waals surface area contributed by atoms with Gasteiger partial charge in [-0.15, -0.1) is 0 Å². The van der Waals surface area contributed by atoms with E-state index >= 15 is 0 Å². The Balaban J connectivity index is 2.20. The standard InChI is InChI=1S/C5H10O2/c1-3(6)5-4(2)7-5/h3-6H,1-2H3/t3-,4?,5-/m0/s1. The van der Waals surface area contributed by atoms with Crippen molar-refractivity contribution in [2.45, 2.75) is 32.2 Å². The third-order valence-corrected chi connectivity index (χ3v) is 1.23. The molecular formula is C5H10O2. The van der Waals surface area contributed by atoms with Crippen molar-refractivity contribution in [3.8, 4) is 0 Å². The molecule has 0 radical (unpaired) electrons. The van der Waals surface area contributed by atoms with Gasteiger partial charge in [-0.2, -0.15) is 0 Å². The fraction of sp³-hybridized carbons (Fsp3) is 1.00. The molecule has 2 heteroatoms. The minimum atomic E-state index is -0.282. The lowest BCUT2D eigenvalue weighted by atomic mass is 10.2. The van der Waals surface area contributed by atoms with Crippen LogP contribution in [0.5, 0.6) is 0 Å². The van der Waals surface area contributed by atoms with Crippen molar-refractivity contribution in [1.29, 1.82) is 0 Å². The van der Waals surface area contributed by atoms with E-state index in [1.807, 2.05) is 6.92 Å². The highest BCUT2D eigenvalue weighted by atomic mass is 16.6. The summed E-state index contributed by atoms with van der Waals surface area (Å²) in [7, 11) is 0. The number of hydrogen-bond donors (Lipinski definition) is 1. The molecule has 0 aromatic heterocycles. The Labute approximate surface area is 43.1 Å². The van der Waals surface area contributed by atoms with E-state index in [1.54, 1.807) is 6.92 Å². The van der Waals surface area contributed by atoms with Gasteiger partial charge in [-0.1, -0.05) is 0 Å². The van der Waals surface area contributed by atoms with Crippen LogP contribution < -0.4 is 0 Å². The zero-order chi connectivity index (χ0) is 5.44. The van der Waals surface area contributed by atoms with Crippen molar-refractivity contribution in [2.24, 2.45) is 0 Å². The number of ether oxygens (including phenoxy) is 1. The second-order valence-corrected chi connectivity index (χ2v) is 2.05. The molecule has 1 fully saturated rings. The van der Waals surface area contributed by atoms with Crippen LogP contribution in [0.3, 0.4) is 0 Å². The van der Waals surface area contributed by atoms with Gasteiger partial charge < -0.3 is 9.84 Å². The Bertz CT molecular complexity index is 70.5. The van der Waals surface area contributed by atoms with Crippen LogP contribution in [-0.4, -0.2) is 23.4 Å². The SMILES string of the molecule is CC1O[C@H]1[C@H](C)O. The molecule has 1 rings (SSSR count). The first-order valence-electron chi connectivity index (χ1n) is 2.55. The van der Waals surface area contributed by atoms with Gasteiger partial charge in [-0.05, 0) is 13.8 Å². The van der Waals surface area contributed by atoms with Crippen LogP contribution in [0.25, 0.3) is 0 Å². The van der Waals surface area contributed by atoms with Crippen LogP contribution in [0.15, 0.2) is 0 Å². The topological polar surface area (TPSA) is 32.8 Å². The Hall–Kier alpha value is -0.0800. The molecule has 42 valence electrons. The zero-order valence-electron chi connectivity index (χ0n) is 4.59. The van der Waals surface area contributed by atoms with E-state index in [2.05, 4.69) is 0 Å². The summed E-state index contributed by atoms with van der Waals surface area (Å²) < 4.78 is 4.93. The molecular weight excluding hydrogens is 92.1 g/mol. The molecule has 0 spiro atoms. The number of rotatable bonds is 1. The Morgan fingerprint density at radius 2 is 2.14 bits per heavy atom. The van der Waals surface area contributed by atoms with Crippen LogP contribution in [0.2, 0.25) is 0 Å². The fourth-order valence-electron chi connectivity index (χ4n) is 0.708. The van der Waals surface area contributed by atoms with Crippen molar-refractivity contribution >= 4 is 0 Å². The van der Waals surface area contributed by atoms with E-state index in [1.165, 1.54) is 0 Å². The van der Waals surface area contributed by atoms with Crippen LogP contribution in [-0.2, 0) is 4.74 Å². The second kappa shape index (κ2) is 1.46. The summed E-state index contributed by atoms with van der Waals surface area (Å²) in [6, 6.07) is 0. The maximum atomic E-state index is 8.74. The van der Waals surface area contributed by atoms with Crippen LogP contribution in [0.1, 0.15) is 13.8 Å². The van der Waals surface area contributed by atoms with Gasteiger partial charge in [0, 0.05) is 0 Å². The van der Waals surface area contributed by atoms with Crippen molar-refractivity contribution in [3.63, 3.8) is 0 Å². The Kier molecular flexibility index (Phi) is 1.05. The van der Waals surface area contributed by atoms with Gasteiger partial charge in [-0.3, -0.25) is 0 Å². The van der Waals surface area contributed by atoms with E-state index in [0.717, 1.165) is 0 Å². The number of aliphatic hydroxyl groups is 1. The monoisotopic (exact) mass is 102 g/mol. The molecule has 1 N–H and O–H groups in total. The lowest BCUT2D eigenvalue weighted by molar-refractivity contribution is 0.152. The minimum absolute atomic E-state index is 0.125. The average molecular weight is 102 g/mol. The molecule has 0 aliphatic carbocycles. The first kappa shape index (κ1) is 5.06. The van der Waals surface area contributed by atoms with Crippen molar-refractivity contribution < 1.29 is 9.84 Å². The second-order valence-electron chi connectivity index (χ2n) is 2.05. The molecule has 1 unspecified atom stereocenters. The Morgan fingerprint density at radius 3 is 2.14 bits per heavy atom. The van der Waals surface area contributed by atoms with Crippen LogP contribution in [0.4, 0.5) is 0 Å². The van der Waals surface area contributed by atoms with E-state index in [0.29, 0.717) is 6.10 Å². The van der Waals surface area contributed by atoms with Crippen LogP contribution >= 0.6 is 0 Å². The largest absolute Gasteiger partial charge is 0.391 e. The maximum absolute atomic E-state index is 8.74. The van der Waals surface area contributed by atoms with E-state index < -0.39 is 0 Å². The first-order chi connectivity index (χ1) is 3.22. The number of epoxide rings is 1. The summed E-state index contributed by atoms with van der Waals surface area (Å²) in [5.74, 6) is 0. The molecule has 1 heterocycles. The number of hydrogen-bond acceptors (Lipinski definition) is 2. The minimum Gasteiger partial charge on any atom is -0.391 e. The molecule has 1 aliphatic rings. The van der Waals surface area contributed by atoms with Crippen LogP contribution in [0, 0.1) is 0 Å². The number of aliphatic hydroxyl groups excluding tert-OH is 1. The molecule has 1 aliphatic heterocycles. The Morgan fingerprint density at radius 1 is 1.71 bits per heavy atom. The molecule has 2 nitrogen and oxygen atoms in total. The zero-order valence-corrected chi connectivity index (χ0v) is 4.59. The molecule has 0 amide bonds. The van der Waals surface area contributed by atoms with Crippen molar-refractivity contribution in [1.82, 2.24) is 0 Å². The van der Waals surface area contributed by atoms with E-state index in [-0.39, 0.29) is 12.2 Å². The summed E-state index contributed by atoms with van der Waals surface area (Å²) in [6.07, 6.45) is 0.134. The molecule has 0 saturated carbocycles. The molecule has 3 atom stereocenters. The lowest BCUT2D eigenvalue weighted by Crippen LogP contribution is -2.09. The molecule has 7 heavy (non-hydrogen) atoms. The van der Waals surface area contributed by atoms with Gasteiger partial charge in [0.05, 0.1) is 12.2 Å². The van der Waals surface area contributed by atoms with Gasteiger partial charge in [0.15, 0.2) is 0 Å². The average Bonchev–Trinajstić information content (AvgIpc) is 2.17. The predicted molar refractivity (Wildman–Crippen MR) is 26.0 cm³/mol. The van der Waals surface area contributed by atoms with Gasteiger partial charge >= 0.3 is 0 Å². The fourth-order valence-corrected chi connectivity index (χ4v) is 0.708. The molecule has 0 bridgehead atoms. The highest BCUT2D eigenvalue weighted by Crippen LogP contribution is 2.23. The highest BCUT2D eigenvalue weighted by Gasteiger charge is 2.37. The van der Waals surface area contributed by atoms with Crippen molar-refractivity contribution in [2.75, 3.05) is 0 Å². The summed E-state index contributed by atoms with van der Waals surface area (Å²) in [4.78, 5) is 0. The molecule has 0 aromatic rings. The normalized spacial score (nSPS) is 43.3. The van der Waals surface area contributed by atoms with Crippen molar-refractivity contribution in [3.05, 3.63) is 0 Å². The summed E-state index contributed by atoms with van der Waals surface area (Å²) in [6.45, 7) is 3.70. The van der Waals surface area contributed by atoms with E-state index in [9.17, 15) is 0 Å². The van der Waals surface area contributed by atoms with Gasteiger partial charge in [-0.25, -0.2) is 0 Å². The van der Waals surface area contributed by atoms with E-state index in [4.69, 9.17) is 9.84 Å². The summed E-state index contributed by atoms with van der Waals surface area (Å²) >= 11 is 0. The third-order valence-electron chi connectivity index (χ3n) is 1.23. The summed E-state index contributed by atoms with van der Waals surface area (Å²) in [5, 5.41) is 8.74. The predicted octanol–water partition coefficient (Wildman–Crippen LogP) is 0.154. The van der Waals surface area contributed by atoms with Gasteiger partial charge in [0.1, 0.15) is 6.10 Å². The van der Waals surface area contributed by atoms with Gasteiger partial charge in [0.2, 0.25) is 0 Å². The first-order valence-corrected chi connectivity index (χ1v) is 2.55. The third kappa shape index (κ3) is 0.924. The highest BCUT2D eigenvalue weighted by molar-refractivity contribution is 4.84. The smallest absolute Gasteiger partial charge is 0.109 e. The molecule has 0 aromatic carbocycles. The maximum Gasteiger partial charge on any atom is 0.109 e. The molecule has 1 saturated heterocycles. The lowest BCUT2D eigenvalue weighted by Gasteiger charge is -1.92. The van der Waals surface area contributed by atoms with Gasteiger partial charge in [0.25, 0.3) is 0 Å².